The molecule has 0 saturated heterocycles. The first-order valence-electron chi connectivity index (χ1n) is 8.16. The molecule has 0 fully saturated rings. The zero-order valence-electron chi connectivity index (χ0n) is 15.7. The molecular formula is C19H32O3Si. The standard InChI is InChI=1S/C19H32O3Si/c1-16(14-22-23(6,7)19(2,3)4)12-13-21-15-17-8-10-18(20-5)11-9-17/h8-12H,13-15H2,1-7H3. The quantitative estimate of drug-likeness (QED) is 0.372. The Kier molecular flexibility index (Phi) is 7.51. The van der Waals surface area contributed by atoms with Crippen LogP contribution in [-0.2, 0) is 15.8 Å². The third-order valence-corrected chi connectivity index (χ3v) is 8.92. The normalized spacial score (nSPS) is 13.3. The summed E-state index contributed by atoms with van der Waals surface area (Å²) in [6.07, 6.45) is 2.11. The number of benzene rings is 1. The molecule has 1 aromatic carbocycles. The Morgan fingerprint density at radius 2 is 1.74 bits per heavy atom. The Morgan fingerprint density at radius 3 is 2.26 bits per heavy atom. The van der Waals surface area contributed by atoms with Crippen LogP contribution in [0.5, 0.6) is 5.75 Å². The molecule has 4 heteroatoms. The summed E-state index contributed by atoms with van der Waals surface area (Å²) in [6.45, 7) is 15.4. The lowest BCUT2D eigenvalue weighted by Gasteiger charge is -2.36. The predicted molar refractivity (Wildman–Crippen MR) is 99.6 cm³/mol. The second-order valence-electron chi connectivity index (χ2n) is 7.46. The lowest BCUT2D eigenvalue weighted by atomic mass is 10.2. The lowest BCUT2D eigenvalue weighted by Crippen LogP contribution is -2.41. The molecule has 0 aliphatic carbocycles. The first kappa shape index (κ1) is 19.9. The first-order valence-corrected chi connectivity index (χ1v) is 11.1. The minimum Gasteiger partial charge on any atom is -0.497 e. The van der Waals surface area contributed by atoms with E-state index in [0.717, 1.165) is 11.3 Å². The van der Waals surface area contributed by atoms with Gasteiger partial charge in [-0.1, -0.05) is 44.6 Å². The molecule has 0 unspecified atom stereocenters. The summed E-state index contributed by atoms with van der Waals surface area (Å²) in [6, 6.07) is 7.95. The van der Waals surface area contributed by atoms with Crippen molar-refractivity contribution in [3.8, 4) is 5.75 Å². The Hall–Kier alpha value is -1.10. The smallest absolute Gasteiger partial charge is 0.192 e. The van der Waals surface area contributed by atoms with Crippen LogP contribution in [0, 0.1) is 0 Å². The summed E-state index contributed by atoms with van der Waals surface area (Å²) in [5, 5.41) is 0.248. The summed E-state index contributed by atoms with van der Waals surface area (Å²) in [5.41, 5.74) is 2.37. The number of rotatable bonds is 8. The largest absolute Gasteiger partial charge is 0.497 e. The Balaban J connectivity index is 2.34. The highest BCUT2D eigenvalue weighted by molar-refractivity contribution is 6.74. The van der Waals surface area contributed by atoms with Crippen LogP contribution < -0.4 is 4.74 Å². The van der Waals surface area contributed by atoms with Gasteiger partial charge in [0, 0.05) is 0 Å². The first-order chi connectivity index (χ1) is 10.7. The van der Waals surface area contributed by atoms with Gasteiger partial charge in [-0.25, -0.2) is 0 Å². The molecule has 3 nitrogen and oxygen atoms in total. The van der Waals surface area contributed by atoms with Crippen molar-refractivity contribution < 1.29 is 13.9 Å². The van der Waals surface area contributed by atoms with Crippen LogP contribution in [0.2, 0.25) is 18.1 Å². The van der Waals surface area contributed by atoms with E-state index in [1.807, 2.05) is 24.3 Å². The molecule has 23 heavy (non-hydrogen) atoms. The second kappa shape index (κ2) is 8.67. The molecular weight excluding hydrogens is 304 g/mol. The third-order valence-electron chi connectivity index (χ3n) is 4.44. The van der Waals surface area contributed by atoms with Crippen molar-refractivity contribution in [2.75, 3.05) is 20.3 Å². The van der Waals surface area contributed by atoms with Gasteiger partial charge in [0.15, 0.2) is 8.32 Å². The molecule has 0 atom stereocenters. The molecule has 0 heterocycles. The van der Waals surface area contributed by atoms with Gasteiger partial charge in [-0.2, -0.15) is 0 Å². The predicted octanol–water partition coefficient (Wildman–Crippen LogP) is 5.18. The Bertz CT molecular complexity index is 498. The van der Waals surface area contributed by atoms with E-state index in [-0.39, 0.29) is 5.04 Å². The van der Waals surface area contributed by atoms with E-state index in [1.165, 1.54) is 5.57 Å². The van der Waals surface area contributed by atoms with Crippen molar-refractivity contribution in [1.82, 2.24) is 0 Å². The second-order valence-corrected chi connectivity index (χ2v) is 12.3. The molecule has 0 aromatic heterocycles. The molecule has 1 rings (SSSR count). The fourth-order valence-corrected chi connectivity index (χ4v) is 2.69. The number of hydrogen-bond donors (Lipinski definition) is 0. The van der Waals surface area contributed by atoms with Crippen molar-refractivity contribution in [1.29, 1.82) is 0 Å². The highest BCUT2D eigenvalue weighted by Crippen LogP contribution is 2.36. The zero-order valence-corrected chi connectivity index (χ0v) is 16.7. The van der Waals surface area contributed by atoms with Crippen molar-refractivity contribution >= 4 is 8.32 Å². The van der Waals surface area contributed by atoms with Crippen LogP contribution in [0.1, 0.15) is 33.3 Å². The van der Waals surface area contributed by atoms with Crippen LogP contribution in [0.15, 0.2) is 35.9 Å². The minimum absolute atomic E-state index is 0.248. The van der Waals surface area contributed by atoms with E-state index < -0.39 is 8.32 Å². The summed E-state index contributed by atoms with van der Waals surface area (Å²) >= 11 is 0. The zero-order chi connectivity index (χ0) is 17.5. The molecule has 0 saturated carbocycles. The van der Waals surface area contributed by atoms with Crippen LogP contribution in [-0.4, -0.2) is 28.6 Å². The molecule has 0 aliphatic rings. The molecule has 0 N–H and O–H groups in total. The third kappa shape index (κ3) is 6.90. The molecule has 0 bridgehead atoms. The van der Waals surface area contributed by atoms with E-state index >= 15 is 0 Å². The van der Waals surface area contributed by atoms with Crippen molar-refractivity contribution in [3.63, 3.8) is 0 Å². The van der Waals surface area contributed by atoms with Gasteiger partial charge in [-0.15, -0.1) is 0 Å². The molecule has 1 aromatic rings. The van der Waals surface area contributed by atoms with Gasteiger partial charge >= 0.3 is 0 Å². The van der Waals surface area contributed by atoms with E-state index in [0.29, 0.717) is 19.8 Å². The van der Waals surface area contributed by atoms with Gasteiger partial charge in [0.25, 0.3) is 0 Å². The van der Waals surface area contributed by atoms with E-state index in [2.05, 4.69) is 46.9 Å². The molecule has 130 valence electrons. The fourth-order valence-electron chi connectivity index (χ4n) is 1.67. The number of hydrogen-bond acceptors (Lipinski definition) is 3. The van der Waals surface area contributed by atoms with Crippen LogP contribution in [0.3, 0.4) is 0 Å². The summed E-state index contributed by atoms with van der Waals surface area (Å²) in [4.78, 5) is 0. The van der Waals surface area contributed by atoms with Crippen LogP contribution in [0.4, 0.5) is 0 Å². The van der Waals surface area contributed by atoms with Gasteiger partial charge in [0.1, 0.15) is 5.75 Å². The summed E-state index contributed by atoms with van der Waals surface area (Å²) < 4.78 is 17.0. The number of ether oxygens (including phenoxy) is 2. The maximum absolute atomic E-state index is 6.20. The Labute approximate surface area is 142 Å². The fraction of sp³-hybridized carbons (Fsp3) is 0.579. The number of methoxy groups -OCH3 is 1. The minimum atomic E-state index is -1.67. The molecule has 0 spiro atoms. The maximum Gasteiger partial charge on any atom is 0.192 e. The van der Waals surface area contributed by atoms with Crippen molar-refractivity contribution in [2.24, 2.45) is 0 Å². The van der Waals surface area contributed by atoms with Crippen LogP contribution >= 0.6 is 0 Å². The highest BCUT2D eigenvalue weighted by Gasteiger charge is 2.36. The van der Waals surface area contributed by atoms with E-state index in [4.69, 9.17) is 13.9 Å². The van der Waals surface area contributed by atoms with Gasteiger partial charge < -0.3 is 13.9 Å². The van der Waals surface area contributed by atoms with Gasteiger partial charge in [0.05, 0.1) is 26.9 Å². The van der Waals surface area contributed by atoms with Gasteiger partial charge in [-0.05, 0) is 42.8 Å². The molecule has 0 radical (unpaired) electrons. The Morgan fingerprint density at radius 1 is 1.13 bits per heavy atom. The van der Waals surface area contributed by atoms with Gasteiger partial charge in [0.2, 0.25) is 0 Å². The van der Waals surface area contributed by atoms with E-state index in [9.17, 15) is 0 Å². The average Bonchev–Trinajstić information content (AvgIpc) is 2.49. The van der Waals surface area contributed by atoms with Gasteiger partial charge in [-0.3, -0.25) is 0 Å². The maximum atomic E-state index is 6.20. The highest BCUT2D eigenvalue weighted by atomic mass is 28.4. The summed E-state index contributed by atoms with van der Waals surface area (Å²) in [5.74, 6) is 0.868. The van der Waals surface area contributed by atoms with E-state index in [1.54, 1.807) is 7.11 Å². The molecule has 0 aliphatic heterocycles. The summed E-state index contributed by atoms with van der Waals surface area (Å²) in [7, 11) is 0.00114. The average molecular weight is 337 g/mol. The molecule has 0 amide bonds. The SMILES string of the molecule is COc1ccc(COCC=C(C)CO[Si](C)(C)C(C)(C)C)cc1. The lowest BCUT2D eigenvalue weighted by molar-refractivity contribution is 0.147. The van der Waals surface area contributed by atoms with Crippen molar-refractivity contribution in [3.05, 3.63) is 41.5 Å². The van der Waals surface area contributed by atoms with Crippen molar-refractivity contribution in [2.45, 2.75) is 52.4 Å². The monoisotopic (exact) mass is 336 g/mol. The van der Waals surface area contributed by atoms with Crippen LogP contribution in [0.25, 0.3) is 0 Å². The topological polar surface area (TPSA) is 27.7 Å².